The smallest absolute Gasteiger partial charge is 0.162 e. The van der Waals surface area contributed by atoms with Crippen molar-refractivity contribution in [3.63, 3.8) is 0 Å². The molecule has 0 radical (unpaired) electrons. The van der Waals surface area contributed by atoms with Gasteiger partial charge in [0.15, 0.2) is 11.5 Å². The Morgan fingerprint density at radius 2 is 1.33 bits per heavy atom. The molecule has 0 N–H and O–H groups in total. The van der Waals surface area contributed by atoms with Crippen molar-refractivity contribution in [1.29, 1.82) is 0 Å². The van der Waals surface area contributed by atoms with Crippen LogP contribution in [0.5, 0.6) is 11.5 Å². The Balaban J connectivity index is 2.44. The number of ether oxygens (including phenoxy) is 2. The molecule has 0 bridgehead atoms. The average molecular weight is 302 g/mol. The van der Waals surface area contributed by atoms with Gasteiger partial charge >= 0.3 is 0 Å². The van der Waals surface area contributed by atoms with E-state index in [2.05, 4.69) is 26.0 Å². The van der Waals surface area contributed by atoms with Crippen LogP contribution < -0.4 is 9.47 Å². The second-order valence-electron chi connectivity index (χ2n) is 5.10. The molecular weight excluding hydrogens is 286 g/mol. The zero-order valence-electron chi connectivity index (χ0n) is 12.5. The molecule has 0 atom stereocenters. The fourth-order valence-corrected chi connectivity index (χ4v) is 2.78. The molecule has 0 aliphatic carbocycles. The number of aromatic nitrogens is 1. The Kier molecular flexibility index (Phi) is 3.38. The van der Waals surface area contributed by atoms with Crippen LogP contribution in [0.2, 0.25) is 5.02 Å². The maximum atomic E-state index is 6.59. The molecule has 108 valence electrons. The van der Waals surface area contributed by atoms with Gasteiger partial charge in [0.05, 0.1) is 30.3 Å². The Morgan fingerprint density at radius 1 is 0.810 bits per heavy atom. The first-order valence-corrected chi connectivity index (χ1v) is 7.05. The predicted octanol–water partition coefficient (Wildman–Crippen LogP) is 4.68. The molecule has 0 unspecified atom stereocenters. The van der Waals surface area contributed by atoms with Crippen molar-refractivity contribution in [2.24, 2.45) is 0 Å². The van der Waals surface area contributed by atoms with Gasteiger partial charge < -0.3 is 9.47 Å². The first kappa shape index (κ1) is 14.0. The van der Waals surface area contributed by atoms with Crippen molar-refractivity contribution in [3.8, 4) is 11.5 Å². The Bertz CT molecular complexity index is 859. The highest BCUT2D eigenvalue weighted by Crippen LogP contribution is 2.38. The number of hydrogen-bond donors (Lipinski definition) is 0. The number of benzene rings is 2. The van der Waals surface area contributed by atoms with Crippen LogP contribution in [0.1, 0.15) is 11.1 Å². The highest BCUT2D eigenvalue weighted by Gasteiger charge is 2.13. The van der Waals surface area contributed by atoms with Crippen molar-refractivity contribution in [2.45, 2.75) is 13.8 Å². The van der Waals surface area contributed by atoms with Crippen LogP contribution in [0.25, 0.3) is 21.8 Å². The standard InChI is InChI=1S/C17H16ClNO2/c1-9-5-11-13(6-10(9)2)19-14-8-16(21-4)15(20-3)7-12(14)17(11)18/h5-8H,1-4H3. The molecule has 0 fully saturated rings. The first-order valence-electron chi connectivity index (χ1n) is 6.67. The summed E-state index contributed by atoms with van der Waals surface area (Å²) in [6.07, 6.45) is 0. The molecule has 21 heavy (non-hydrogen) atoms. The van der Waals surface area contributed by atoms with Gasteiger partial charge in [-0.25, -0.2) is 4.98 Å². The van der Waals surface area contributed by atoms with Crippen LogP contribution >= 0.6 is 11.6 Å². The highest BCUT2D eigenvalue weighted by molar-refractivity contribution is 6.40. The van der Waals surface area contributed by atoms with Crippen molar-refractivity contribution >= 4 is 33.4 Å². The van der Waals surface area contributed by atoms with Gasteiger partial charge in [-0.1, -0.05) is 11.6 Å². The van der Waals surface area contributed by atoms with Gasteiger partial charge in [-0.2, -0.15) is 0 Å². The molecular formula is C17H16ClNO2. The SMILES string of the molecule is COc1cc2nc3cc(C)c(C)cc3c(Cl)c2cc1OC. The summed E-state index contributed by atoms with van der Waals surface area (Å²) in [6.45, 7) is 4.15. The number of hydrogen-bond acceptors (Lipinski definition) is 3. The normalized spacial score (nSPS) is 11.1. The summed E-state index contributed by atoms with van der Waals surface area (Å²) in [5.41, 5.74) is 4.09. The van der Waals surface area contributed by atoms with E-state index in [1.54, 1.807) is 14.2 Å². The van der Waals surface area contributed by atoms with E-state index in [9.17, 15) is 0 Å². The van der Waals surface area contributed by atoms with E-state index in [-0.39, 0.29) is 0 Å². The monoisotopic (exact) mass is 301 g/mol. The van der Waals surface area contributed by atoms with Crippen molar-refractivity contribution in [1.82, 2.24) is 4.98 Å². The molecule has 0 amide bonds. The lowest BCUT2D eigenvalue weighted by Crippen LogP contribution is -1.93. The molecule has 0 aliphatic heterocycles. The summed E-state index contributed by atoms with van der Waals surface area (Å²) in [4.78, 5) is 4.70. The van der Waals surface area contributed by atoms with Crippen LogP contribution in [0, 0.1) is 13.8 Å². The number of halogens is 1. The van der Waals surface area contributed by atoms with Crippen LogP contribution in [0.4, 0.5) is 0 Å². The average Bonchev–Trinajstić information content (AvgIpc) is 2.48. The zero-order valence-corrected chi connectivity index (χ0v) is 13.2. The van der Waals surface area contributed by atoms with E-state index in [1.165, 1.54) is 11.1 Å². The summed E-state index contributed by atoms with van der Waals surface area (Å²) in [7, 11) is 3.22. The van der Waals surface area contributed by atoms with Crippen molar-refractivity contribution < 1.29 is 9.47 Å². The predicted molar refractivity (Wildman–Crippen MR) is 86.8 cm³/mol. The molecule has 0 aliphatic rings. The van der Waals surface area contributed by atoms with Gasteiger partial charge in [0, 0.05) is 16.8 Å². The third-order valence-corrected chi connectivity index (χ3v) is 4.23. The fourth-order valence-electron chi connectivity index (χ4n) is 2.48. The second kappa shape index (κ2) is 5.08. The number of rotatable bonds is 2. The summed E-state index contributed by atoms with van der Waals surface area (Å²) in [6, 6.07) is 7.87. The fraction of sp³-hybridized carbons (Fsp3) is 0.235. The van der Waals surface area contributed by atoms with E-state index in [1.807, 2.05) is 12.1 Å². The van der Waals surface area contributed by atoms with Gasteiger partial charge in [-0.3, -0.25) is 0 Å². The molecule has 3 nitrogen and oxygen atoms in total. The number of aryl methyl sites for hydroxylation is 2. The van der Waals surface area contributed by atoms with Gasteiger partial charge in [-0.15, -0.1) is 0 Å². The summed E-state index contributed by atoms with van der Waals surface area (Å²) >= 11 is 6.59. The molecule has 1 heterocycles. The summed E-state index contributed by atoms with van der Waals surface area (Å²) in [5.74, 6) is 1.30. The Labute approximate surface area is 128 Å². The number of nitrogens with zero attached hydrogens (tertiary/aromatic N) is 1. The Morgan fingerprint density at radius 3 is 2.00 bits per heavy atom. The minimum absolute atomic E-state index is 0.650. The Hall–Kier alpha value is -2.00. The highest BCUT2D eigenvalue weighted by atomic mass is 35.5. The van der Waals surface area contributed by atoms with Gasteiger partial charge in [0.2, 0.25) is 0 Å². The minimum atomic E-state index is 0.650. The molecule has 0 saturated carbocycles. The third-order valence-electron chi connectivity index (χ3n) is 3.83. The van der Waals surface area contributed by atoms with Crippen LogP contribution in [0.3, 0.4) is 0 Å². The van der Waals surface area contributed by atoms with E-state index < -0.39 is 0 Å². The number of fused-ring (bicyclic) bond motifs is 2. The largest absolute Gasteiger partial charge is 0.493 e. The van der Waals surface area contributed by atoms with Crippen molar-refractivity contribution in [2.75, 3.05) is 14.2 Å². The maximum absolute atomic E-state index is 6.59. The zero-order chi connectivity index (χ0) is 15.1. The second-order valence-corrected chi connectivity index (χ2v) is 5.48. The number of methoxy groups -OCH3 is 2. The topological polar surface area (TPSA) is 31.4 Å². The summed E-state index contributed by atoms with van der Waals surface area (Å²) in [5, 5.41) is 2.52. The molecule has 3 rings (SSSR count). The maximum Gasteiger partial charge on any atom is 0.162 e. The van der Waals surface area contributed by atoms with E-state index in [0.717, 1.165) is 21.8 Å². The van der Waals surface area contributed by atoms with Gasteiger partial charge in [0.25, 0.3) is 0 Å². The quantitative estimate of drug-likeness (QED) is 0.644. The first-order chi connectivity index (χ1) is 10.0. The lowest BCUT2D eigenvalue weighted by Gasteiger charge is -2.12. The lowest BCUT2D eigenvalue weighted by atomic mass is 10.0. The van der Waals surface area contributed by atoms with E-state index in [4.69, 9.17) is 26.1 Å². The van der Waals surface area contributed by atoms with Crippen LogP contribution in [-0.4, -0.2) is 19.2 Å². The third kappa shape index (κ3) is 2.18. The molecule has 0 saturated heterocycles. The molecule has 2 aromatic carbocycles. The van der Waals surface area contributed by atoms with E-state index >= 15 is 0 Å². The molecule has 0 spiro atoms. The number of pyridine rings is 1. The van der Waals surface area contributed by atoms with Gasteiger partial charge in [0.1, 0.15) is 0 Å². The van der Waals surface area contributed by atoms with E-state index in [0.29, 0.717) is 16.5 Å². The lowest BCUT2D eigenvalue weighted by molar-refractivity contribution is 0.356. The molecule has 4 heteroatoms. The molecule has 3 aromatic rings. The minimum Gasteiger partial charge on any atom is -0.493 e. The van der Waals surface area contributed by atoms with Crippen LogP contribution in [0.15, 0.2) is 24.3 Å². The molecule has 1 aromatic heterocycles. The summed E-state index contributed by atoms with van der Waals surface area (Å²) < 4.78 is 10.7. The van der Waals surface area contributed by atoms with Gasteiger partial charge in [-0.05, 0) is 43.2 Å². The van der Waals surface area contributed by atoms with Crippen molar-refractivity contribution in [3.05, 3.63) is 40.4 Å². The van der Waals surface area contributed by atoms with Crippen LogP contribution in [-0.2, 0) is 0 Å².